The molecule has 96 valence electrons. The molecule has 1 aliphatic rings. The fourth-order valence-corrected chi connectivity index (χ4v) is 1.65. The number of carbonyl (C=O) groups excluding carboxylic acids is 1. The minimum absolute atomic E-state index is 0.225. The second kappa shape index (κ2) is 4.87. The fraction of sp³-hybridized carbons (Fsp3) is 0.667. The van der Waals surface area contributed by atoms with E-state index in [0.29, 0.717) is 6.42 Å². The van der Waals surface area contributed by atoms with Gasteiger partial charge in [0, 0.05) is 6.04 Å². The summed E-state index contributed by atoms with van der Waals surface area (Å²) in [5.41, 5.74) is 5.51. The van der Waals surface area contributed by atoms with Crippen LogP contribution in [0.15, 0.2) is 12.2 Å². The monoisotopic (exact) mass is 240 g/mol. The molecule has 3 unspecified atom stereocenters. The Labute approximate surface area is 101 Å². The van der Waals surface area contributed by atoms with Gasteiger partial charge in [-0.3, -0.25) is 9.59 Å². The van der Waals surface area contributed by atoms with Gasteiger partial charge in [-0.05, 0) is 11.8 Å². The molecule has 0 aromatic heterocycles. The number of carbonyl (C=O) groups is 2. The third kappa shape index (κ3) is 3.56. The number of rotatable bonds is 3. The maximum Gasteiger partial charge on any atom is 0.310 e. The minimum Gasteiger partial charge on any atom is -0.481 e. The number of aliphatic carboxylic acids is 1. The molecule has 0 spiro atoms. The summed E-state index contributed by atoms with van der Waals surface area (Å²) in [5, 5.41) is 11.6. The van der Waals surface area contributed by atoms with Gasteiger partial charge in [0.1, 0.15) is 0 Å². The Bertz CT molecular complexity index is 344. The van der Waals surface area contributed by atoms with Gasteiger partial charge in [-0.25, -0.2) is 0 Å². The van der Waals surface area contributed by atoms with E-state index in [0.717, 1.165) is 0 Å². The van der Waals surface area contributed by atoms with E-state index in [9.17, 15) is 9.59 Å². The van der Waals surface area contributed by atoms with Crippen molar-refractivity contribution in [3.05, 3.63) is 12.2 Å². The third-order valence-corrected chi connectivity index (χ3v) is 2.94. The smallest absolute Gasteiger partial charge is 0.310 e. The van der Waals surface area contributed by atoms with Crippen LogP contribution in [0.25, 0.3) is 0 Å². The molecule has 5 nitrogen and oxygen atoms in total. The van der Waals surface area contributed by atoms with Crippen molar-refractivity contribution < 1.29 is 14.7 Å². The summed E-state index contributed by atoms with van der Waals surface area (Å²) >= 11 is 0. The van der Waals surface area contributed by atoms with Crippen LogP contribution in [0.5, 0.6) is 0 Å². The van der Waals surface area contributed by atoms with Crippen LogP contribution in [0.4, 0.5) is 0 Å². The van der Waals surface area contributed by atoms with Crippen LogP contribution in [0.3, 0.4) is 0 Å². The lowest BCUT2D eigenvalue weighted by Crippen LogP contribution is -2.50. The molecule has 1 aliphatic carbocycles. The Morgan fingerprint density at radius 3 is 2.41 bits per heavy atom. The van der Waals surface area contributed by atoms with Crippen molar-refractivity contribution in [2.75, 3.05) is 0 Å². The first-order valence-corrected chi connectivity index (χ1v) is 5.69. The maximum absolute atomic E-state index is 11.8. The van der Waals surface area contributed by atoms with E-state index in [4.69, 9.17) is 10.8 Å². The summed E-state index contributed by atoms with van der Waals surface area (Å²) in [6.07, 6.45) is 3.72. The third-order valence-electron chi connectivity index (χ3n) is 2.94. The van der Waals surface area contributed by atoms with Gasteiger partial charge >= 0.3 is 5.97 Å². The van der Waals surface area contributed by atoms with Gasteiger partial charge in [0.05, 0.1) is 12.0 Å². The number of hydrogen-bond acceptors (Lipinski definition) is 3. The molecule has 0 aliphatic heterocycles. The standard InChI is InChI=1S/C12H20N2O3/c1-12(2,3)9(13)10(15)14-8-5-4-7(6-8)11(16)17/h4-5,7-9H,6,13H2,1-3H3,(H,14,15)(H,16,17). The highest BCUT2D eigenvalue weighted by molar-refractivity contribution is 5.83. The molecule has 4 N–H and O–H groups in total. The number of amides is 1. The summed E-state index contributed by atoms with van der Waals surface area (Å²) in [7, 11) is 0. The minimum atomic E-state index is -0.863. The molecular weight excluding hydrogens is 220 g/mol. The Balaban J connectivity index is 2.50. The quantitative estimate of drug-likeness (QED) is 0.626. The van der Waals surface area contributed by atoms with Gasteiger partial charge in [-0.2, -0.15) is 0 Å². The SMILES string of the molecule is CC(C)(C)C(N)C(=O)NC1C=CC(C(=O)O)C1. The van der Waals surface area contributed by atoms with Crippen molar-refractivity contribution in [2.24, 2.45) is 17.1 Å². The average Bonchev–Trinajstić information content (AvgIpc) is 2.63. The molecule has 0 aromatic rings. The van der Waals surface area contributed by atoms with E-state index in [1.807, 2.05) is 20.8 Å². The van der Waals surface area contributed by atoms with Crippen LogP contribution < -0.4 is 11.1 Å². The predicted octanol–water partition coefficient (Wildman–Crippen LogP) is 0.505. The highest BCUT2D eigenvalue weighted by Crippen LogP contribution is 2.20. The zero-order valence-electron chi connectivity index (χ0n) is 10.4. The van der Waals surface area contributed by atoms with Crippen molar-refractivity contribution in [1.82, 2.24) is 5.32 Å². The second-order valence-electron chi connectivity index (χ2n) is 5.52. The summed E-state index contributed by atoms with van der Waals surface area (Å²) in [6, 6.07) is -0.822. The number of nitrogens with one attached hydrogen (secondary N) is 1. The maximum atomic E-state index is 11.8. The lowest BCUT2D eigenvalue weighted by molar-refractivity contribution is -0.140. The first-order chi connectivity index (χ1) is 7.71. The summed E-state index contributed by atoms with van der Waals surface area (Å²) in [4.78, 5) is 22.5. The number of hydrogen-bond donors (Lipinski definition) is 3. The zero-order chi connectivity index (χ0) is 13.2. The molecule has 0 saturated carbocycles. The Morgan fingerprint density at radius 2 is 2.00 bits per heavy atom. The van der Waals surface area contributed by atoms with Gasteiger partial charge in [0.15, 0.2) is 0 Å². The van der Waals surface area contributed by atoms with Crippen LogP contribution in [0.1, 0.15) is 27.2 Å². The average molecular weight is 240 g/mol. The first-order valence-electron chi connectivity index (χ1n) is 5.69. The molecule has 1 amide bonds. The fourth-order valence-electron chi connectivity index (χ4n) is 1.65. The molecule has 17 heavy (non-hydrogen) atoms. The molecule has 1 rings (SSSR count). The second-order valence-corrected chi connectivity index (χ2v) is 5.52. The van der Waals surface area contributed by atoms with Gasteiger partial charge < -0.3 is 16.2 Å². The predicted molar refractivity (Wildman–Crippen MR) is 64.2 cm³/mol. The van der Waals surface area contributed by atoms with Crippen molar-refractivity contribution in [3.8, 4) is 0 Å². The largest absolute Gasteiger partial charge is 0.481 e. The lowest BCUT2D eigenvalue weighted by Gasteiger charge is -2.27. The van der Waals surface area contributed by atoms with Gasteiger partial charge in [-0.15, -0.1) is 0 Å². The van der Waals surface area contributed by atoms with E-state index >= 15 is 0 Å². The highest BCUT2D eigenvalue weighted by Gasteiger charge is 2.31. The zero-order valence-corrected chi connectivity index (χ0v) is 10.4. The Hall–Kier alpha value is -1.36. The molecule has 0 bridgehead atoms. The van der Waals surface area contributed by atoms with E-state index in [2.05, 4.69) is 5.32 Å². The van der Waals surface area contributed by atoms with Crippen molar-refractivity contribution >= 4 is 11.9 Å². The molecule has 0 saturated heterocycles. The van der Waals surface area contributed by atoms with Crippen molar-refractivity contribution in [1.29, 1.82) is 0 Å². The summed E-state index contributed by atoms with van der Waals surface area (Å²) < 4.78 is 0. The summed E-state index contributed by atoms with van der Waals surface area (Å²) in [6.45, 7) is 5.67. The number of carboxylic acid groups (broad SMARTS) is 1. The topological polar surface area (TPSA) is 92.4 Å². The normalized spacial score (nSPS) is 25.6. The van der Waals surface area contributed by atoms with E-state index < -0.39 is 17.9 Å². The van der Waals surface area contributed by atoms with Gasteiger partial charge in [0.25, 0.3) is 0 Å². The number of nitrogens with two attached hydrogens (primary N) is 1. The van der Waals surface area contributed by atoms with Gasteiger partial charge in [0.2, 0.25) is 5.91 Å². The first kappa shape index (κ1) is 13.7. The molecule has 0 aromatic carbocycles. The lowest BCUT2D eigenvalue weighted by atomic mass is 9.87. The molecular formula is C12H20N2O3. The van der Waals surface area contributed by atoms with Gasteiger partial charge in [-0.1, -0.05) is 32.9 Å². The molecule has 0 radical (unpaired) electrons. The van der Waals surface area contributed by atoms with Crippen molar-refractivity contribution in [3.63, 3.8) is 0 Å². The number of carboxylic acids is 1. The molecule has 5 heteroatoms. The van der Waals surface area contributed by atoms with Crippen LogP contribution >= 0.6 is 0 Å². The van der Waals surface area contributed by atoms with Crippen LogP contribution in [-0.2, 0) is 9.59 Å². The van der Waals surface area contributed by atoms with Crippen LogP contribution in [-0.4, -0.2) is 29.1 Å². The van der Waals surface area contributed by atoms with E-state index in [-0.39, 0.29) is 17.4 Å². The van der Waals surface area contributed by atoms with E-state index in [1.165, 1.54) is 0 Å². The molecule has 0 heterocycles. The summed E-state index contributed by atoms with van der Waals surface area (Å²) in [5.74, 6) is -1.61. The van der Waals surface area contributed by atoms with Crippen molar-refractivity contribution in [2.45, 2.75) is 39.3 Å². The molecule has 3 atom stereocenters. The Kier molecular flexibility index (Phi) is 3.93. The van der Waals surface area contributed by atoms with Crippen LogP contribution in [0.2, 0.25) is 0 Å². The Morgan fingerprint density at radius 1 is 1.41 bits per heavy atom. The molecule has 0 fully saturated rings. The van der Waals surface area contributed by atoms with E-state index in [1.54, 1.807) is 12.2 Å². The highest BCUT2D eigenvalue weighted by atomic mass is 16.4. The van der Waals surface area contributed by atoms with Crippen LogP contribution in [0, 0.1) is 11.3 Å².